The van der Waals surface area contributed by atoms with Gasteiger partial charge in [0.1, 0.15) is 0 Å². The third-order valence-corrected chi connectivity index (χ3v) is 10.3. The molecule has 0 heterocycles. The Labute approximate surface area is 182 Å². The zero-order chi connectivity index (χ0) is 20.1. The number of hydrogen-bond acceptors (Lipinski definition) is 1. The van der Waals surface area contributed by atoms with Gasteiger partial charge in [-0.05, 0) is 91.2 Å². The molecule has 1 nitrogen and oxygen atoms in total. The number of rotatable bonds is 4. The summed E-state index contributed by atoms with van der Waals surface area (Å²) in [5, 5.41) is 12.7. The van der Waals surface area contributed by atoms with Crippen LogP contribution >= 0.6 is 0 Å². The highest BCUT2D eigenvalue weighted by Crippen LogP contribution is 2.63. The van der Waals surface area contributed by atoms with Crippen molar-refractivity contribution >= 4 is 10.9 Å². The summed E-state index contributed by atoms with van der Waals surface area (Å²) in [6, 6.07) is 27.4. The van der Waals surface area contributed by atoms with E-state index in [2.05, 4.69) is 48.5 Å². The molecule has 2 bridgehead atoms. The fourth-order valence-electron chi connectivity index (χ4n) is 6.87. The van der Waals surface area contributed by atoms with E-state index in [1.165, 1.54) is 47.5 Å². The molecule has 0 N–H and O–H groups in total. The average molecular weight is 413 g/mol. The Kier molecular flexibility index (Phi) is 4.64. The molecule has 3 fully saturated rings. The molecule has 3 aliphatic carbocycles. The van der Waals surface area contributed by atoms with Gasteiger partial charge in [0.25, 0.3) is 0 Å². The maximum Gasteiger partial charge on any atom is 0.166 e. The van der Waals surface area contributed by atoms with Crippen molar-refractivity contribution < 1.29 is 5.11 Å². The second kappa shape index (κ2) is 7.50. The average Bonchev–Trinajstić information content (AvgIpc) is 3.51. The Morgan fingerprint density at radius 3 is 2.17 bits per heavy atom. The molecule has 0 aromatic heterocycles. The maximum absolute atomic E-state index is 12.7. The van der Waals surface area contributed by atoms with E-state index in [4.69, 9.17) is 0 Å². The number of hydrogen-bond donors (Lipinski definition) is 0. The second-order valence-electron chi connectivity index (χ2n) is 9.40. The molecular weight excluding hydrogens is 384 g/mol. The van der Waals surface area contributed by atoms with Gasteiger partial charge in [0.15, 0.2) is 14.7 Å². The summed E-state index contributed by atoms with van der Waals surface area (Å²) in [6.07, 6.45) is 7.30. The molecule has 0 amide bonds. The zero-order valence-corrected chi connectivity index (χ0v) is 18.1. The lowest BCUT2D eigenvalue weighted by Gasteiger charge is -2.32. The highest BCUT2D eigenvalue weighted by Gasteiger charge is 2.53. The summed E-state index contributed by atoms with van der Waals surface area (Å²) in [6.45, 7) is 0. The predicted molar refractivity (Wildman–Crippen MR) is 121 cm³/mol. The van der Waals surface area contributed by atoms with Crippen LogP contribution in [0.3, 0.4) is 0 Å². The molecule has 3 aromatic rings. The summed E-state index contributed by atoms with van der Waals surface area (Å²) < 4.78 is 0. The minimum absolute atomic E-state index is 0.133. The molecule has 0 saturated heterocycles. The molecule has 2 heteroatoms. The van der Waals surface area contributed by atoms with Crippen molar-refractivity contribution in [2.24, 2.45) is 23.7 Å². The van der Waals surface area contributed by atoms with Crippen LogP contribution in [-0.2, 0) is 10.9 Å². The molecule has 6 rings (SSSR count). The van der Waals surface area contributed by atoms with Crippen LogP contribution in [0.1, 0.15) is 43.6 Å². The van der Waals surface area contributed by atoms with Crippen LogP contribution in [0.5, 0.6) is 5.75 Å². The monoisotopic (exact) mass is 412 g/mol. The van der Waals surface area contributed by atoms with Crippen LogP contribution in [0.25, 0.3) is 0 Å². The first kappa shape index (κ1) is 18.6. The van der Waals surface area contributed by atoms with Gasteiger partial charge in [-0.2, -0.15) is 0 Å². The topological polar surface area (TPSA) is 23.1 Å². The third-order valence-electron chi connectivity index (χ3n) is 8.02. The van der Waals surface area contributed by atoms with Gasteiger partial charge in [0, 0.05) is 0 Å². The molecule has 6 atom stereocenters. The Morgan fingerprint density at radius 2 is 1.37 bits per heavy atom. The Balaban J connectivity index is 1.33. The first-order chi connectivity index (χ1) is 14.8. The van der Waals surface area contributed by atoms with Crippen LogP contribution < -0.4 is 5.11 Å². The predicted octanol–water partition coefficient (Wildman–Crippen LogP) is 6.40. The molecule has 0 radical (unpaired) electrons. The van der Waals surface area contributed by atoms with E-state index in [1.54, 1.807) is 6.07 Å². The molecule has 30 heavy (non-hydrogen) atoms. The van der Waals surface area contributed by atoms with Crippen molar-refractivity contribution in [1.82, 2.24) is 0 Å². The first-order valence-electron chi connectivity index (χ1n) is 11.4. The largest absolute Gasteiger partial charge is 0.869 e. The first-order valence-corrected chi connectivity index (χ1v) is 12.7. The summed E-state index contributed by atoms with van der Waals surface area (Å²) in [4.78, 5) is 3.35. The van der Waals surface area contributed by atoms with Gasteiger partial charge in [-0.25, -0.2) is 0 Å². The summed E-state index contributed by atoms with van der Waals surface area (Å²) >= 11 is 0. The van der Waals surface area contributed by atoms with Crippen molar-refractivity contribution in [3.05, 3.63) is 84.4 Å². The van der Waals surface area contributed by atoms with Gasteiger partial charge in [-0.15, -0.1) is 0 Å². The lowest BCUT2D eigenvalue weighted by atomic mass is 9.73. The van der Waals surface area contributed by atoms with Gasteiger partial charge < -0.3 is 5.11 Å². The maximum atomic E-state index is 12.7. The van der Waals surface area contributed by atoms with Crippen LogP contribution in [0, 0.1) is 23.7 Å². The fraction of sp³-hybridized carbons (Fsp3) is 0.357. The highest BCUT2D eigenvalue weighted by atomic mass is 32.2. The van der Waals surface area contributed by atoms with Crippen molar-refractivity contribution in [3.63, 3.8) is 0 Å². The standard InChI is InChI=1S/C28H28OS/c29-27-11-4-5-12-28(27)30(21-7-2-1-3-8-21)22-15-13-19(14-16-22)25-17-20-18-26(25)24-10-6-9-23(20)24/h1-5,7-8,11-16,20,23-26H,6,9-10,17-18H2. The molecule has 6 unspecified atom stereocenters. The number of benzene rings is 3. The molecule has 3 aromatic carbocycles. The zero-order valence-electron chi connectivity index (χ0n) is 17.2. The number of fused-ring (bicyclic) bond motifs is 5. The van der Waals surface area contributed by atoms with E-state index in [0.717, 1.165) is 34.5 Å². The molecule has 3 saturated carbocycles. The van der Waals surface area contributed by atoms with E-state index in [1.807, 2.05) is 24.3 Å². The second-order valence-corrected chi connectivity index (χ2v) is 11.4. The minimum atomic E-state index is -0.355. The molecule has 152 valence electrons. The van der Waals surface area contributed by atoms with E-state index in [0.29, 0.717) is 0 Å². The van der Waals surface area contributed by atoms with Crippen molar-refractivity contribution in [2.45, 2.75) is 52.7 Å². The van der Waals surface area contributed by atoms with Gasteiger partial charge in [-0.3, -0.25) is 0 Å². The van der Waals surface area contributed by atoms with Gasteiger partial charge in [-0.1, -0.05) is 60.7 Å². The van der Waals surface area contributed by atoms with Crippen molar-refractivity contribution in [2.75, 3.05) is 0 Å². The molecule has 0 aliphatic heterocycles. The lowest BCUT2D eigenvalue weighted by molar-refractivity contribution is -0.272. The Hall–Kier alpha value is -2.19. The lowest BCUT2D eigenvalue weighted by Crippen LogP contribution is -2.23. The third kappa shape index (κ3) is 3.00. The van der Waals surface area contributed by atoms with Crippen molar-refractivity contribution in [3.8, 4) is 5.75 Å². The van der Waals surface area contributed by atoms with E-state index >= 15 is 0 Å². The van der Waals surface area contributed by atoms with Gasteiger partial charge >= 0.3 is 0 Å². The van der Waals surface area contributed by atoms with E-state index in [9.17, 15) is 5.11 Å². The van der Waals surface area contributed by atoms with Crippen LogP contribution in [0.2, 0.25) is 0 Å². The minimum Gasteiger partial charge on any atom is -0.869 e. The van der Waals surface area contributed by atoms with Crippen LogP contribution in [0.4, 0.5) is 0 Å². The quantitative estimate of drug-likeness (QED) is 0.455. The molecule has 0 spiro atoms. The van der Waals surface area contributed by atoms with Crippen LogP contribution in [-0.4, -0.2) is 0 Å². The van der Waals surface area contributed by atoms with E-state index < -0.39 is 0 Å². The normalized spacial score (nSPS) is 30.3. The highest BCUT2D eigenvalue weighted by molar-refractivity contribution is 7.97. The fourth-order valence-corrected chi connectivity index (χ4v) is 8.97. The number of para-hydroxylation sites is 1. The summed E-state index contributed by atoms with van der Waals surface area (Å²) in [7, 11) is -0.355. The SMILES string of the molecule is [O-]c1ccccc1[S+](c1ccccc1)c1ccc(C2CC3CC2C2CCCC32)cc1. The smallest absolute Gasteiger partial charge is 0.166 e. The Bertz CT molecular complexity index is 1030. The summed E-state index contributed by atoms with van der Waals surface area (Å²) in [5.41, 5.74) is 1.53. The molecular formula is C28H28OS. The van der Waals surface area contributed by atoms with Crippen LogP contribution in [0.15, 0.2) is 93.5 Å². The van der Waals surface area contributed by atoms with Crippen molar-refractivity contribution in [1.29, 1.82) is 0 Å². The summed E-state index contributed by atoms with van der Waals surface area (Å²) in [5.74, 6) is 4.84. The van der Waals surface area contributed by atoms with Gasteiger partial charge in [0.2, 0.25) is 0 Å². The molecule has 3 aliphatic rings. The van der Waals surface area contributed by atoms with Gasteiger partial charge in [0.05, 0.1) is 10.9 Å². The van der Waals surface area contributed by atoms with E-state index in [-0.39, 0.29) is 16.6 Å². The Morgan fingerprint density at radius 1 is 0.667 bits per heavy atom.